The number of hydrogen-bond donors (Lipinski definition) is 0. The van der Waals surface area contributed by atoms with Gasteiger partial charge in [-0.1, -0.05) is 13.3 Å². The van der Waals surface area contributed by atoms with E-state index in [-0.39, 0.29) is 0 Å². The summed E-state index contributed by atoms with van der Waals surface area (Å²) in [6.45, 7) is 4.01. The topological polar surface area (TPSA) is 57.7 Å². The summed E-state index contributed by atoms with van der Waals surface area (Å²) in [5.41, 5.74) is 0.455. The Labute approximate surface area is 104 Å². The molecular formula is C9H15BrN2O3S. The molecule has 0 spiro atoms. The minimum atomic E-state index is -3.68. The number of likely N-dealkylation sites (N-methyl/N-ethyl adjacent to an activating group) is 1. The minimum absolute atomic E-state index is 0.306. The Bertz CT molecular complexity index is 430. The van der Waals surface area contributed by atoms with Crippen molar-refractivity contribution in [2.45, 2.75) is 26.7 Å². The van der Waals surface area contributed by atoms with Crippen molar-refractivity contribution in [2.75, 3.05) is 13.6 Å². The van der Waals surface area contributed by atoms with Gasteiger partial charge < -0.3 is 0 Å². The van der Waals surface area contributed by atoms with E-state index in [2.05, 4.69) is 15.9 Å². The molecule has 16 heavy (non-hydrogen) atoms. The molecule has 0 radical (unpaired) electrons. The van der Waals surface area contributed by atoms with Crippen LogP contribution in [-0.2, 0) is 15.0 Å². The van der Waals surface area contributed by atoms with Gasteiger partial charge >= 0.3 is 10.2 Å². The summed E-state index contributed by atoms with van der Waals surface area (Å²) in [4.78, 5) is 11.6. The van der Waals surface area contributed by atoms with E-state index in [9.17, 15) is 13.2 Å². The van der Waals surface area contributed by atoms with E-state index in [0.29, 0.717) is 16.7 Å². The zero-order chi connectivity index (χ0) is 12.5. The lowest BCUT2D eigenvalue weighted by atomic mass is 10.3. The lowest BCUT2D eigenvalue weighted by molar-refractivity contribution is -0.121. The Morgan fingerprint density at radius 3 is 2.44 bits per heavy atom. The highest BCUT2D eigenvalue weighted by molar-refractivity contribution is 9.12. The van der Waals surface area contributed by atoms with Crippen LogP contribution in [0.5, 0.6) is 0 Å². The van der Waals surface area contributed by atoms with Crippen molar-refractivity contribution in [2.24, 2.45) is 0 Å². The first-order chi connectivity index (χ1) is 7.34. The van der Waals surface area contributed by atoms with Gasteiger partial charge in [-0.2, -0.15) is 8.42 Å². The van der Waals surface area contributed by atoms with E-state index in [1.54, 1.807) is 6.92 Å². The summed E-state index contributed by atoms with van der Waals surface area (Å²) in [6.07, 6.45) is 1.66. The SMILES string of the molecule is CCCCN1C(C)=C(Br)C(=O)N(C)S1(=O)=O. The number of carbonyl (C=O) groups excluding carboxylic acids is 1. The van der Waals surface area contributed by atoms with Crippen molar-refractivity contribution < 1.29 is 13.2 Å². The van der Waals surface area contributed by atoms with Crippen LogP contribution in [0.15, 0.2) is 10.2 Å². The van der Waals surface area contributed by atoms with Crippen LogP contribution >= 0.6 is 15.9 Å². The molecule has 0 fully saturated rings. The Morgan fingerprint density at radius 2 is 1.94 bits per heavy atom. The summed E-state index contributed by atoms with van der Waals surface area (Å²) in [5, 5.41) is 0. The number of unbranched alkanes of at least 4 members (excludes halogenated alkanes) is 1. The van der Waals surface area contributed by atoms with Crippen LogP contribution in [0.4, 0.5) is 0 Å². The molecule has 92 valence electrons. The maximum atomic E-state index is 12.0. The molecule has 1 heterocycles. The summed E-state index contributed by atoms with van der Waals surface area (Å²) in [5.74, 6) is -0.523. The van der Waals surface area contributed by atoms with E-state index in [4.69, 9.17) is 0 Å². The molecule has 0 aromatic rings. The first kappa shape index (κ1) is 13.5. The van der Waals surface area contributed by atoms with E-state index < -0.39 is 16.1 Å². The number of rotatable bonds is 3. The smallest absolute Gasteiger partial charge is 0.267 e. The fraction of sp³-hybridized carbons (Fsp3) is 0.667. The number of amides is 1. The molecule has 1 rings (SSSR count). The minimum Gasteiger partial charge on any atom is -0.267 e. The van der Waals surface area contributed by atoms with Crippen LogP contribution in [0.25, 0.3) is 0 Å². The predicted molar refractivity (Wildman–Crippen MR) is 64.9 cm³/mol. The number of halogens is 1. The van der Waals surface area contributed by atoms with Gasteiger partial charge in [0.15, 0.2) is 0 Å². The molecule has 1 aliphatic rings. The molecule has 1 amide bonds. The molecule has 0 saturated heterocycles. The lowest BCUT2D eigenvalue weighted by Gasteiger charge is -2.34. The Balaban J connectivity index is 3.18. The number of allylic oxidation sites excluding steroid dienone is 1. The van der Waals surface area contributed by atoms with Gasteiger partial charge in [-0.25, -0.2) is 4.31 Å². The van der Waals surface area contributed by atoms with Gasteiger partial charge in [-0.15, -0.1) is 0 Å². The summed E-state index contributed by atoms with van der Waals surface area (Å²) in [6, 6.07) is 0. The Hall–Kier alpha value is -0.560. The molecule has 0 aromatic carbocycles. The summed E-state index contributed by atoms with van der Waals surface area (Å²) in [7, 11) is -2.41. The maximum absolute atomic E-state index is 12.0. The van der Waals surface area contributed by atoms with Crippen LogP contribution in [0, 0.1) is 0 Å². The van der Waals surface area contributed by atoms with Gasteiger partial charge in [-0.05, 0) is 29.3 Å². The Kier molecular flexibility index (Phi) is 4.01. The second kappa shape index (κ2) is 4.75. The monoisotopic (exact) mass is 310 g/mol. The number of carbonyl (C=O) groups is 1. The van der Waals surface area contributed by atoms with Crippen molar-refractivity contribution in [3.63, 3.8) is 0 Å². The molecule has 0 aromatic heterocycles. The van der Waals surface area contributed by atoms with Crippen molar-refractivity contribution in [3.8, 4) is 0 Å². The zero-order valence-electron chi connectivity index (χ0n) is 9.53. The third-order valence-electron chi connectivity index (χ3n) is 2.50. The largest absolute Gasteiger partial charge is 0.328 e. The standard InChI is InChI=1S/C9H15BrN2O3S/c1-4-5-6-12-7(2)8(10)9(13)11(3)16(12,14)15/h4-6H2,1-3H3. The summed E-state index contributed by atoms with van der Waals surface area (Å²) < 4.78 is 26.3. The van der Waals surface area contributed by atoms with Crippen LogP contribution in [0.1, 0.15) is 26.7 Å². The molecule has 5 nitrogen and oxygen atoms in total. The van der Waals surface area contributed by atoms with Crippen LogP contribution < -0.4 is 0 Å². The van der Waals surface area contributed by atoms with Gasteiger partial charge in [0.05, 0.1) is 0 Å². The molecular weight excluding hydrogens is 296 g/mol. The first-order valence-electron chi connectivity index (χ1n) is 5.01. The highest BCUT2D eigenvalue weighted by atomic mass is 79.9. The van der Waals surface area contributed by atoms with Gasteiger partial charge in [-0.3, -0.25) is 9.10 Å². The summed E-state index contributed by atoms with van der Waals surface area (Å²) >= 11 is 3.13. The van der Waals surface area contributed by atoms with Crippen LogP contribution in [0.2, 0.25) is 0 Å². The van der Waals surface area contributed by atoms with E-state index in [1.165, 1.54) is 11.4 Å². The number of hydrogen-bond acceptors (Lipinski definition) is 3. The molecule has 0 unspecified atom stereocenters. The van der Waals surface area contributed by atoms with Crippen LogP contribution in [-0.4, -0.2) is 36.5 Å². The average Bonchev–Trinajstić information content (AvgIpc) is 2.24. The van der Waals surface area contributed by atoms with Gasteiger partial charge in [0.2, 0.25) is 0 Å². The van der Waals surface area contributed by atoms with Crippen molar-refractivity contribution in [3.05, 3.63) is 10.2 Å². The fourth-order valence-corrected chi connectivity index (χ4v) is 3.52. The third-order valence-corrected chi connectivity index (χ3v) is 5.29. The molecule has 7 heteroatoms. The zero-order valence-corrected chi connectivity index (χ0v) is 11.9. The van der Waals surface area contributed by atoms with Crippen molar-refractivity contribution >= 4 is 32.0 Å². The molecule has 0 atom stereocenters. The van der Waals surface area contributed by atoms with Gasteiger partial charge in [0, 0.05) is 19.3 Å². The maximum Gasteiger partial charge on any atom is 0.328 e. The molecule has 1 aliphatic heterocycles. The van der Waals surface area contributed by atoms with E-state index in [1.807, 2.05) is 6.92 Å². The predicted octanol–water partition coefficient (Wildman–Crippen LogP) is 1.43. The third kappa shape index (κ3) is 2.10. The molecule has 0 bridgehead atoms. The van der Waals surface area contributed by atoms with Crippen LogP contribution in [0.3, 0.4) is 0 Å². The first-order valence-corrected chi connectivity index (χ1v) is 7.20. The lowest BCUT2D eigenvalue weighted by Crippen LogP contribution is -2.48. The Morgan fingerprint density at radius 1 is 1.38 bits per heavy atom. The van der Waals surface area contributed by atoms with Gasteiger partial charge in [0.1, 0.15) is 4.48 Å². The second-order valence-corrected chi connectivity index (χ2v) is 6.28. The molecule has 0 saturated carbocycles. The fourth-order valence-electron chi connectivity index (χ4n) is 1.41. The second-order valence-electron chi connectivity index (χ2n) is 3.61. The normalized spacial score (nSPS) is 20.6. The van der Waals surface area contributed by atoms with Crippen molar-refractivity contribution in [1.82, 2.24) is 8.61 Å². The van der Waals surface area contributed by atoms with E-state index in [0.717, 1.165) is 17.1 Å². The van der Waals surface area contributed by atoms with E-state index >= 15 is 0 Å². The average molecular weight is 311 g/mol. The highest BCUT2D eigenvalue weighted by Crippen LogP contribution is 2.28. The molecule has 0 N–H and O–H groups in total. The quantitative estimate of drug-likeness (QED) is 0.792. The number of nitrogens with zero attached hydrogens (tertiary/aromatic N) is 2. The highest BCUT2D eigenvalue weighted by Gasteiger charge is 2.38. The van der Waals surface area contributed by atoms with Gasteiger partial charge in [0.25, 0.3) is 5.91 Å². The molecule has 0 aliphatic carbocycles. The van der Waals surface area contributed by atoms with Crippen molar-refractivity contribution in [1.29, 1.82) is 0 Å².